The van der Waals surface area contributed by atoms with Crippen LogP contribution in [0.4, 0.5) is 0 Å². The predicted molar refractivity (Wildman–Crippen MR) is 259 cm³/mol. The predicted octanol–water partition coefficient (Wildman–Crippen LogP) is 7.30. The standard InChI is InChI=1S/C48H54Cl2N10O6S/c1-28-44(67-27-54-28)32-12-9-30(10-13-32)21-53-46(64)40-19-33(61)26-60(40)47(65)45(48(3,4)5)56-42(63)8-6-7-41(62)52-17-18-59-25-31(22-55-59)11-15-38-35-20-34(14-16-39(35)58-57-38)66-29(2)43-36(49)23-51-24-37(43)50/h9-16,20,22-25,27,29,33,40,45,61H,6-8,17-19,21,26H2,1-5H3,(H,52,62)(H,53,64)(H,56,63)(H,57,58)/b15-11+/t29-,33-,40+,45-/m1/s1. The molecule has 0 saturated carbocycles. The van der Waals surface area contributed by atoms with Gasteiger partial charge in [-0.05, 0) is 67.2 Å². The summed E-state index contributed by atoms with van der Waals surface area (Å²) >= 11 is 14.2. The van der Waals surface area contributed by atoms with Crippen LogP contribution in [-0.2, 0) is 32.3 Å². The second-order valence-electron chi connectivity index (χ2n) is 17.6. The third-order valence-corrected chi connectivity index (χ3v) is 13.0. The monoisotopic (exact) mass is 968 g/mol. The van der Waals surface area contributed by atoms with Gasteiger partial charge < -0.3 is 30.7 Å². The lowest BCUT2D eigenvalue weighted by Crippen LogP contribution is -2.57. The Hall–Kier alpha value is -6.14. The van der Waals surface area contributed by atoms with Gasteiger partial charge in [0.25, 0.3) is 0 Å². The maximum Gasteiger partial charge on any atom is 0.246 e. The average molecular weight is 970 g/mol. The van der Waals surface area contributed by atoms with Crippen LogP contribution in [-0.4, -0.2) is 94.9 Å². The molecule has 4 aromatic heterocycles. The van der Waals surface area contributed by atoms with Crippen molar-refractivity contribution in [1.29, 1.82) is 0 Å². The molecule has 0 aliphatic carbocycles. The largest absolute Gasteiger partial charge is 0.486 e. The summed E-state index contributed by atoms with van der Waals surface area (Å²) in [6, 6.07) is 11.6. The number of pyridine rings is 1. The molecule has 0 bridgehead atoms. The molecular weight excluding hydrogens is 916 g/mol. The van der Waals surface area contributed by atoms with Crippen molar-refractivity contribution in [3.8, 4) is 16.2 Å². The number of aryl methyl sites for hydroxylation is 1. The molecule has 1 aliphatic heterocycles. The van der Waals surface area contributed by atoms with Gasteiger partial charge in [0.1, 0.15) is 23.9 Å². The van der Waals surface area contributed by atoms with Crippen LogP contribution in [0.1, 0.15) is 87.6 Å². The third kappa shape index (κ3) is 12.5. The van der Waals surface area contributed by atoms with Gasteiger partial charge in [0.05, 0.1) is 56.2 Å². The van der Waals surface area contributed by atoms with E-state index < -0.39 is 35.6 Å². The zero-order valence-corrected chi connectivity index (χ0v) is 40.2. The van der Waals surface area contributed by atoms with Gasteiger partial charge in [0.15, 0.2) is 0 Å². The third-order valence-electron chi connectivity index (χ3n) is 11.4. The first kappa shape index (κ1) is 48.8. The van der Waals surface area contributed by atoms with E-state index in [2.05, 4.69) is 41.2 Å². The number of carbonyl (C=O) groups is 4. The Balaban J connectivity index is 0.839. The van der Waals surface area contributed by atoms with E-state index in [-0.39, 0.29) is 56.5 Å². The summed E-state index contributed by atoms with van der Waals surface area (Å²) in [5.41, 5.74) is 7.02. The summed E-state index contributed by atoms with van der Waals surface area (Å²) in [6.45, 7) is 10.3. The number of rotatable bonds is 18. The lowest BCUT2D eigenvalue weighted by molar-refractivity contribution is -0.144. The summed E-state index contributed by atoms with van der Waals surface area (Å²) in [6.07, 6.45) is 9.58. The molecule has 0 radical (unpaired) electrons. The SMILES string of the molecule is Cc1ncsc1-c1ccc(CNC(=O)[C@@H]2C[C@@H](O)CN2C(=O)[C@@H](NC(=O)CCCC(=O)NCCn2cc(/C=C/c3n[nH]c4ccc(O[C@H](C)c5c(Cl)cncc5Cl)cc34)cn2)C(C)(C)C)cc1. The molecule has 4 amide bonds. The van der Waals surface area contributed by atoms with Gasteiger partial charge in [-0.3, -0.25) is 33.9 Å². The van der Waals surface area contributed by atoms with Crippen LogP contribution in [0.25, 0.3) is 33.5 Å². The number of H-pyrrole nitrogens is 1. The Morgan fingerprint density at radius 1 is 1.01 bits per heavy atom. The number of hydrogen-bond acceptors (Lipinski definition) is 11. The highest BCUT2D eigenvalue weighted by molar-refractivity contribution is 7.13. The number of carbonyl (C=O) groups excluding carboxylic acids is 4. The first-order valence-electron chi connectivity index (χ1n) is 22.0. The Morgan fingerprint density at radius 3 is 2.48 bits per heavy atom. The molecule has 5 heterocycles. The topological polar surface area (TPSA) is 209 Å². The molecule has 2 aromatic carbocycles. The van der Waals surface area contributed by atoms with E-state index in [4.69, 9.17) is 27.9 Å². The second-order valence-corrected chi connectivity index (χ2v) is 19.3. The number of thiazole rings is 1. The van der Waals surface area contributed by atoms with E-state index in [1.54, 1.807) is 22.2 Å². The van der Waals surface area contributed by atoms with Gasteiger partial charge in [0, 0.05) is 74.0 Å². The highest BCUT2D eigenvalue weighted by Gasteiger charge is 2.44. The van der Waals surface area contributed by atoms with Crippen molar-refractivity contribution in [3.05, 3.63) is 111 Å². The fourth-order valence-corrected chi connectivity index (χ4v) is 9.35. The minimum Gasteiger partial charge on any atom is -0.486 e. The number of likely N-dealkylation sites (tertiary alicyclic amines) is 1. The van der Waals surface area contributed by atoms with E-state index in [0.717, 1.165) is 38.2 Å². The van der Waals surface area contributed by atoms with Gasteiger partial charge in [-0.15, -0.1) is 11.3 Å². The number of aliphatic hydroxyl groups excluding tert-OH is 1. The number of aromatic nitrogens is 6. The molecule has 6 aromatic rings. The van der Waals surface area contributed by atoms with Crippen molar-refractivity contribution >= 4 is 81.2 Å². The van der Waals surface area contributed by atoms with Crippen molar-refractivity contribution < 1.29 is 29.0 Å². The van der Waals surface area contributed by atoms with E-state index in [9.17, 15) is 24.3 Å². The van der Waals surface area contributed by atoms with Crippen LogP contribution in [0, 0.1) is 12.3 Å². The Labute approximate surface area is 402 Å². The fourth-order valence-electron chi connectivity index (χ4n) is 7.87. The Morgan fingerprint density at radius 2 is 1.76 bits per heavy atom. The van der Waals surface area contributed by atoms with Gasteiger partial charge in [-0.1, -0.05) is 68.2 Å². The number of β-amino-alcohol motifs (C(OH)–C–C–N with tert-alkyl or cyclic N) is 1. The van der Waals surface area contributed by atoms with Crippen molar-refractivity contribution in [2.24, 2.45) is 5.41 Å². The van der Waals surface area contributed by atoms with E-state index in [1.807, 2.05) is 101 Å². The van der Waals surface area contributed by atoms with Gasteiger partial charge in [-0.2, -0.15) is 10.2 Å². The molecule has 1 fully saturated rings. The highest BCUT2D eigenvalue weighted by atomic mass is 35.5. The van der Waals surface area contributed by atoms with E-state index >= 15 is 0 Å². The van der Waals surface area contributed by atoms with Crippen LogP contribution in [0.15, 0.2) is 72.8 Å². The number of benzene rings is 2. The van der Waals surface area contributed by atoms with Gasteiger partial charge in [-0.25, -0.2) is 4.98 Å². The van der Waals surface area contributed by atoms with Crippen LogP contribution in [0.5, 0.6) is 5.75 Å². The maximum absolute atomic E-state index is 14.0. The first-order valence-corrected chi connectivity index (χ1v) is 23.6. The molecule has 7 rings (SSSR count). The van der Waals surface area contributed by atoms with Gasteiger partial charge >= 0.3 is 0 Å². The maximum atomic E-state index is 14.0. The Bertz CT molecular complexity index is 2730. The quantitative estimate of drug-likeness (QED) is 0.0581. The minimum atomic E-state index is -0.967. The average Bonchev–Trinajstić information content (AvgIpc) is 4.11. The lowest BCUT2D eigenvalue weighted by atomic mass is 9.85. The number of hydrogen-bond donors (Lipinski definition) is 5. The van der Waals surface area contributed by atoms with E-state index in [0.29, 0.717) is 40.1 Å². The molecule has 352 valence electrons. The second kappa shape index (κ2) is 21.7. The molecule has 1 aliphatic rings. The molecule has 1 saturated heterocycles. The summed E-state index contributed by atoms with van der Waals surface area (Å²) < 4.78 is 7.90. The highest BCUT2D eigenvalue weighted by Crippen LogP contribution is 2.34. The number of ether oxygens (including phenoxy) is 1. The molecule has 67 heavy (non-hydrogen) atoms. The number of aromatic amines is 1. The molecule has 0 spiro atoms. The fraction of sp³-hybridized carbons (Fsp3) is 0.375. The van der Waals surface area contributed by atoms with Crippen LogP contribution in [0.2, 0.25) is 10.0 Å². The molecular formula is C48H54Cl2N10O6S. The molecule has 4 atom stereocenters. The smallest absolute Gasteiger partial charge is 0.246 e. The summed E-state index contributed by atoms with van der Waals surface area (Å²) in [4.78, 5) is 64.1. The molecule has 5 N–H and O–H groups in total. The van der Waals surface area contributed by atoms with Crippen molar-refractivity contribution in [2.45, 2.75) is 97.7 Å². The number of fused-ring (bicyclic) bond motifs is 1. The van der Waals surface area contributed by atoms with Crippen molar-refractivity contribution in [2.75, 3.05) is 13.1 Å². The molecule has 16 nitrogen and oxygen atoms in total. The van der Waals surface area contributed by atoms with Crippen LogP contribution in [0.3, 0.4) is 0 Å². The first-order chi connectivity index (χ1) is 32.0. The number of aliphatic hydroxyl groups is 1. The normalized spacial score (nSPS) is 16.0. The van der Waals surface area contributed by atoms with Crippen molar-refractivity contribution in [1.82, 2.24) is 50.8 Å². The van der Waals surface area contributed by atoms with Gasteiger partial charge in [0.2, 0.25) is 23.6 Å². The number of nitrogens with zero attached hydrogens (tertiary/aromatic N) is 6. The number of nitrogens with one attached hydrogen (secondary N) is 4. The Kier molecular flexibility index (Phi) is 15.8. The van der Waals surface area contributed by atoms with Crippen molar-refractivity contribution in [3.63, 3.8) is 0 Å². The summed E-state index contributed by atoms with van der Waals surface area (Å²) in [5.74, 6) is -0.817. The molecule has 19 heteroatoms. The number of amides is 4. The molecule has 0 unspecified atom stereocenters. The van der Waals surface area contributed by atoms with Crippen LogP contribution >= 0.6 is 34.5 Å². The number of halogens is 2. The van der Waals surface area contributed by atoms with E-state index in [1.165, 1.54) is 17.3 Å². The van der Waals surface area contributed by atoms with Crippen LogP contribution < -0.4 is 20.7 Å². The zero-order chi connectivity index (χ0) is 47.8. The zero-order valence-electron chi connectivity index (χ0n) is 37.9. The summed E-state index contributed by atoms with van der Waals surface area (Å²) in [5, 5.41) is 32.8. The summed E-state index contributed by atoms with van der Waals surface area (Å²) in [7, 11) is 0. The minimum absolute atomic E-state index is 0.0180. The lowest BCUT2D eigenvalue weighted by Gasteiger charge is -2.35.